The zero-order chi connectivity index (χ0) is 12.3. The molecule has 1 saturated carbocycles. The summed E-state index contributed by atoms with van der Waals surface area (Å²) in [6.07, 6.45) is 4.59. The van der Waals surface area contributed by atoms with Gasteiger partial charge in [-0.15, -0.1) is 0 Å². The minimum Gasteiger partial charge on any atom is -0.376 e. The van der Waals surface area contributed by atoms with Crippen LogP contribution in [0.5, 0.6) is 0 Å². The fourth-order valence-electron chi connectivity index (χ4n) is 3.12. The summed E-state index contributed by atoms with van der Waals surface area (Å²) in [5, 5.41) is 0. The van der Waals surface area contributed by atoms with Gasteiger partial charge in [0.05, 0.1) is 12.7 Å². The molecular formula is C14H25NO2. The van der Waals surface area contributed by atoms with Crippen molar-refractivity contribution in [3.05, 3.63) is 0 Å². The van der Waals surface area contributed by atoms with Crippen molar-refractivity contribution in [2.24, 2.45) is 11.8 Å². The number of nitrogens with zero attached hydrogens (tertiary/aromatic N) is 1. The zero-order valence-corrected chi connectivity index (χ0v) is 11.2. The van der Waals surface area contributed by atoms with Crippen LogP contribution in [0.2, 0.25) is 0 Å². The Bertz CT molecular complexity index is 267. The van der Waals surface area contributed by atoms with Crippen LogP contribution in [0.4, 0.5) is 0 Å². The van der Waals surface area contributed by atoms with Crippen LogP contribution >= 0.6 is 0 Å². The molecule has 3 unspecified atom stereocenters. The van der Waals surface area contributed by atoms with Crippen molar-refractivity contribution in [3.63, 3.8) is 0 Å². The molecule has 1 saturated heterocycles. The normalized spacial score (nSPS) is 36.1. The van der Waals surface area contributed by atoms with Crippen LogP contribution in [-0.4, -0.2) is 43.0 Å². The number of carbonyl (C=O) groups excluding carboxylic acids is 1. The minimum absolute atomic E-state index is 0.291. The Morgan fingerprint density at radius 1 is 1.47 bits per heavy atom. The van der Waals surface area contributed by atoms with E-state index in [0.29, 0.717) is 17.8 Å². The predicted octanol–water partition coefficient (Wildman–Crippen LogP) is 2.10. The van der Waals surface area contributed by atoms with Crippen molar-refractivity contribution in [3.8, 4) is 0 Å². The van der Waals surface area contributed by atoms with E-state index in [9.17, 15) is 4.79 Å². The molecule has 0 N–H and O–H groups in total. The smallest absolute Gasteiger partial charge is 0.137 e. The van der Waals surface area contributed by atoms with E-state index < -0.39 is 0 Å². The number of ketones is 1. The second kappa shape index (κ2) is 5.96. The van der Waals surface area contributed by atoms with Crippen molar-refractivity contribution in [2.75, 3.05) is 26.2 Å². The van der Waals surface area contributed by atoms with Gasteiger partial charge in [0.2, 0.25) is 0 Å². The summed E-state index contributed by atoms with van der Waals surface area (Å²) in [6.45, 7) is 8.12. The Kier molecular flexibility index (Phi) is 4.57. The lowest BCUT2D eigenvalue weighted by Gasteiger charge is -2.35. The highest BCUT2D eigenvalue weighted by Gasteiger charge is 2.30. The van der Waals surface area contributed by atoms with E-state index in [1.807, 2.05) is 0 Å². The molecule has 0 aromatic carbocycles. The summed E-state index contributed by atoms with van der Waals surface area (Å²) >= 11 is 0. The molecule has 0 aromatic rings. The molecule has 0 spiro atoms. The molecule has 2 rings (SSSR count). The summed E-state index contributed by atoms with van der Waals surface area (Å²) < 4.78 is 5.54. The van der Waals surface area contributed by atoms with Gasteiger partial charge in [0.15, 0.2) is 0 Å². The van der Waals surface area contributed by atoms with Crippen molar-refractivity contribution >= 4 is 5.78 Å². The van der Waals surface area contributed by atoms with Gasteiger partial charge in [-0.2, -0.15) is 0 Å². The molecule has 0 radical (unpaired) electrons. The molecule has 1 aliphatic heterocycles. The van der Waals surface area contributed by atoms with Crippen molar-refractivity contribution in [2.45, 2.75) is 45.6 Å². The zero-order valence-electron chi connectivity index (χ0n) is 11.2. The number of carbonyl (C=O) groups is 1. The van der Waals surface area contributed by atoms with E-state index in [2.05, 4.69) is 18.7 Å². The van der Waals surface area contributed by atoms with Crippen molar-refractivity contribution < 1.29 is 9.53 Å². The quantitative estimate of drug-likeness (QED) is 0.755. The first-order chi connectivity index (χ1) is 8.19. The third-order valence-electron chi connectivity index (χ3n) is 4.25. The van der Waals surface area contributed by atoms with Gasteiger partial charge in [0, 0.05) is 32.0 Å². The Hall–Kier alpha value is -0.410. The Labute approximate surface area is 105 Å². The molecule has 2 aliphatic rings. The summed E-state index contributed by atoms with van der Waals surface area (Å²) in [5.41, 5.74) is 0. The van der Waals surface area contributed by atoms with E-state index in [1.54, 1.807) is 0 Å². The molecule has 0 bridgehead atoms. The Morgan fingerprint density at radius 3 is 3.00 bits per heavy atom. The highest BCUT2D eigenvalue weighted by molar-refractivity contribution is 5.81. The summed E-state index contributed by atoms with van der Waals surface area (Å²) in [6, 6.07) is 0. The van der Waals surface area contributed by atoms with Crippen LogP contribution in [0.15, 0.2) is 0 Å². The lowest BCUT2D eigenvalue weighted by molar-refractivity contribution is -0.127. The SMILES string of the molecule is CCC1CCC(=O)C(CN2CCOC(C)C2)C1. The highest BCUT2D eigenvalue weighted by Crippen LogP contribution is 2.29. The third kappa shape index (κ3) is 3.52. The molecular weight excluding hydrogens is 214 g/mol. The molecule has 17 heavy (non-hydrogen) atoms. The predicted molar refractivity (Wildman–Crippen MR) is 68.0 cm³/mol. The van der Waals surface area contributed by atoms with Crippen LogP contribution in [0.3, 0.4) is 0 Å². The maximum atomic E-state index is 12.0. The molecule has 3 heteroatoms. The largest absolute Gasteiger partial charge is 0.376 e. The highest BCUT2D eigenvalue weighted by atomic mass is 16.5. The van der Waals surface area contributed by atoms with Gasteiger partial charge in [0.25, 0.3) is 0 Å². The lowest BCUT2D eigenvalue weighted by Crippen LogP contribution is -2.45. The van der Waals surface area contributed by atoms with Gasteiger partial charge >= 0.3 is 0 Å². The molecule has 1 heterocycles. The van der Waals surface area contributed by atoms with Gasteiger partial charge in [-0.1, -0.05) is 13.3 Å². The third-order valence-corrected chi connectivity index (χ3v) is 4.25. The van der Waals surface area contributed by atoms with Crippen LogP contribution in [0, 0.1) is 11.8 Å². The summed E-state index contributed by atoms with van der Waals surface area (Å²) in [7, 11) is 0. The van der Waals surface area contributed by atoms with Crippen LogP contribution in [0.1, 0.15) is 39.5 Å². The molecule has 3 nitrogen and oxygen atoms in total. The Balaban J connectivity index is 1.85. The number of hydrogen-bond donors (Lipinski definition) is 0. The minimum atomic E-state index is 0.291. The first-order valence-corrected chi connectivity index (χ1v) is 7.05. The molecule has 0 aromatic heterocycles. The molecule has 98 valence electrons. The maximum absolute atomic E-state index is 12.0. The van der Waals surface area contributed by atoms with Gasteiger partial charge in [0.1, 0.15) is 5.78 Å². The van der Waals surface area contributed by atoms with E-state index >= 15 is 0 Å². The molecule has 1 aliphatic carbocycles. The van der Waals surface area contributed by atoms with Gasteiger partial charge < -0.3 is 4.74 Å². The van der Waals surface area contributed by atoms with E-state index in [-0.39, 0.29) is 0 Å². The molecule has 0 amide bonds. The maximum Gasteiger partial charge on any atom is 0.137 e. The second-order valence-electron chi connectivity index (χ2n) is 5.65. The first kappa shape index (κ1) is 13.0. The van der Waals surface area contributed by atoms with Crippen LogP contribution < -0.4 is 0 Å². The topological polar surface area (TPSA) is 29.5 Å². The fraction of sp³-hybridized carbons (Fsp3) is 0.929. The standard InChI is InChI=1S/C14H25NO2/c1-3-12-4-5-14(16)13(8-12)10-15-6-7-17-11(2)9-15/h11-13H,3-10H2,1-2H3. The van der Waals surface area contributed by atoms with Gasteiger partial charge in [-0.3, -0.25) is 9.69 Å². The first-order valence-electron chi connectivity index (χ1n) is 7.05. The number of hydrogen-bond acceptors (Lipinski definition) is 3. The Morgan fingerprint density at radius 2 is 2.29 bits per heavy atom. The van der Waals surface area contributed by atoms with E-state index in [1.165, 1.54) is 6.42 Å². The van der Waals surface area contributed by atoms with E-state index in [0.717, 1.165) is 51.4 Å². The number of morpholine rings is 1. The van der Waals surface area contributed by atoms with Crippen LogP contribution in [0.25, 0.3) is 0 Å². The van der Waals surface area contributed by atoms with Crippen LogP contribution in [-0.2, 0) is 9.53 Å². The van der Waals surface area contributed by atoms with Gasteiger partial charge in [-0.05, 0) is 25.7 Å². The molecule has 3 atom stereocenters. The van der Waals surface area contributed by atoms with Crippen molar-refractivity contribution in [1.29, 1.82) is 0 Å². The number of rotatable bonds is 3. The summed E-state index contributed by atoms with van der Waals surface area (Å²) in [5.74, 6) is 1.56. The van der Waals surface area contributed by atoms with Crippen molar-refractivity contribution in [1.82, 2.24) is 4.90 Å². The number of Topliss-reactive ketones (excluding diaryl/α,β-unsaturated/α-hetero) is 1. The molecule has 2 fully saturated rings. The second-order valence-corrected chi connectivity index (χ2v) is 5.65. The fourth-order valence-corrected chi connectivity index (χ4v) is 3.12. The van der Waals surface area contributed by atoms with E-state index in [4.69, 9.17) is 4.74 Å². The average Bonchev–Trinajstić information content (AvgIpc) is 2.32. The monoisotopic (exact) mass is 239 g/mol. The number of ether oxygens (including phenoxy) is 1. The lowest BCUT2D eigenvalue weighted by atomic mass is 9.79. The average molecular weight is 239 g/mol. The summed E-state index contributed by atoms with van der Waals surface area (Å²) in [4.78, 5) is 14.4. The van der Waals surface area contributed by atoms with Gasteiger partial charge in [-0.25, -0.2) is 0 Å².